The molecule has 2 aromatic heterocycles. The van der Waals surface area contributed by atoms with E-state index < -0.39 is 0 Å². The van der Waals surface area contributed by atoms with Gasteiger partial charge in [-0.2, -0.15) is 4.98 Å². The van der Waals surface area contributed by atoms with E-state index in [4.69, 9.17) is 0 Å². The van der Waals surface area contributed by atoms with Crippen molar-refractivity contribution in [1.29, 1.82) is 0 Å². The molecule has 1 unspecified atom stereocenters. The molecular formula is C12H16N4. The van der Waals surface area contributed by atoms with Crippen molar-refractivity contribution in [2.75, 3.05) is 5.32 Å². The van der Waals surface area contributed by atoms with Crippen LogP contribution in [0, 0.1) is 12.3 Å². The molecule has 0 aromatic carbocycles. The fraction of sp³-hybridized carbons (Fsp3) is 0.500. The number of nitrogens with zero attached hydrogens (tertiary/aromatic N) is 3. The first-order valence-electron chi connectivity index (χ1n) is 5.64. The van der Waals surface area contributed by atoms with Gasteiger partial charge in [-0.25, -0.2) is 4.52 Å². The smallest absolute Gasteiger partial charge is 0.243 e. The van der Waals surface area contributed by atoms with Gasteiger partial charge in [-0.05, 0) is 30.4 Å². The van der Waals surface area contributed by atoms with Crippen LogP contribution in [0.1, 0.15) is 25.8 Å². The summed E-state index contributed by atoms with van der Waals surface area (Å²) in [5.74, 6) is 0.737. The van der Waals surface area contributed by atoms with Crippen molar-refractivity contribution in [2.24, 2.45) is 5.41 Å². The third kappa shape index (κ3) is 1.54. The highest BCUT2D eigenvalue weighted by Crippen LogP contribution is 2.46. The number of rotatable bonds is 2. The lowest BCUT2D eigenvalue weighted by Gasteiger charge is -2.02. The van der Waals surface area contributed by atoms with Gasteiger partial charge in [-0.15, -0.1) is 5.10 Å². The Kier molecular flexibility index (Phi) is 1.79. The molecular weight excluding hydrogens is 200 g/mol. The van der Waals surface area contributed by atoms with Crippen LogP contribution in [0.25, 0.3) is 5.65 Å². The van der Waals surface area contributed by atoms with Gasteiger partial charge in [0.25, 0.3) is 0 Å². The number of hydrogen-bond donors (Lipinski definition) is 1. The Hall–Kier alpha value is -1.58. The molecule has 4 nitrogen and oxygen atoms in total. The zero-order valence-electron chi connectivity index (χ0n) is 9.86. The molecule has 1 N–H and O–H groups in total. The van der Waals surface area contributed by atoms with Gasteiger partial charge in [0.15, 0.2) is 5.65 Å². The lowest BCUT2D eigenvalue weighted by Crippen LogP contribution is -2.09. The molecule has 0 aliphatic heterocycles. The molecule has 1 aliphatic rings. The summed E-state index contributed by atoms with van der Waals surface area (Å²) in [6.45, 7) is 6.56. The van der Waals surface area contributed by atoms with Crippen LogP contribution in [0.4, 0.5) is 5.95 Å². The number of anilines is 1. The van der Waals surface area contributed by atoms with Crippen LogP contribution in [-0.4, -0.2) is 20.6 Å². The topological polar surface area (TPSA) is 42.2 Å². The van der Waals surface area contributed by atoms with Gasteiger partial charge in [-0.1, -0.05) is 19.9 Å². The highest BCUT2D eigenvalue weighted by atomic mass is 15.4. The van der Waals surface area contributed by atoms with E-state index >= 15 is 0 Å². The van der Waals surface area contributed by atoms with E-state index in [0.717, 1.165) is 11.6 Å². The Morgan fingerprint density at radius 2 is 2.19 bits per heavy atom. The van der Waals surface area contributed by atoms with E-state index in [-0.39, 0.29) is 0 Å². The van der Waals surface area contributed by atoms with Crippen molar-refractivity contribution < 1.29 is 0 Å². The zero-order valence-corrected chi connectivity index (χ0v) is 9.86. The molecule has 0 spiro atoms. The summed E-state index contributed by atoms with van der Waals surface area (Å²) in [7, 11) is 0. The normalized spacial score (nSPS) is 22.3. The molecule has 0 bridgehead atoms. The maximum atomic E-state index is 4.44. The number of aryl methyl sites for hydroxylation is 1. The molecule has 16 heavy (non-hydrogen) atoms. The van der Waals surface area contributed by atoms with Gasteiger partial charge in [0, 0.05) is 12.2 Å². The SMILES string of the molecule is Cc1ccc2nc(NC3CC3(C)C)nn2c1. The first-order valence-corrected chi connectivity index (χ1v) is 5.64. The fourth-order valence-electron chi connectivity index (χ4n) is 1.92. The van der Waals surface area contributed by atoms with Crippen LogP contribution in [0.2, 0.25) is 0 Å². The van der Waals surface area contributed by atoms with Gasteiger partial charge in [0.1, 0.15) is 0 Å². The Bertz CT molecular complexity index is 541. The first kappa shape index (κ1) is 9.63. The molecule has 2 aromatic rings. The van der Waals surface area contributed by atoms with Crippen LogP contribution < -0.4 is 5.32 Å². The van der Waals surface area contributed by atoms with Crippen molar-refractivity contribution in [3.63, 3.8) is 0 Å². The van der Waals surface area contributed by atoms with Gasteiger partial charge in [-0.3, -0.25) is 0 Å². The summed E-state index contributed by atoms with van der Waals surface area (Å²) in [6.07, 6.45) is 3.19. The maximum Gasteiger partial charge on any atom is 0.243 e. The second-order valence-electron chi connectivity index (χ2n) is 5.33. The predicted octanol–water partition coefficient (Wildman–Crippen LogP) is 2.25. The van der Waals surface area contributed by atoms with E-state index in [1.165, 1.54) is 12.0 Å². The maximum absolute atomic E-state index is 4.44. The largest absolute Gasteiger partial charge is 0.350 e. The lowest BCUT2D eigenvalue weighted by atomic mass is 10.2. The van der Waals surface area contributed by atoms with Crippen LogP contribution in [-0.2, 0) is 0 Å². The molecule has 0 saturated heterocycles. The van der Waals surface area contributed by atoms with Crippen LogP contribution in [0.3, 0.4) is 0 Å². The average Bonchev–Trinajstić information content (AvgIpc) is 2.64. The minimum Gasteiger partial charge on any atom is -0.350 e. The van der Waals surface area contributed by atoms with Gasteiger partial charge < -0.3 is 5.32 Å². The van der Waals surface area contributed by atoms with Gasteiger partial charge in [0.2, 0.25) is 5.95 Å². The Morgan fingerprint density at radius 1 is 1.44 bits per heavy atom. The van der Waals surface area contributed by atoms with Crippen LogP contribution in [0.15, 0.2) is 18.3 Å². The third-order valence-corrected chi connectivity index (χ3v) is 3.30. The summed E-state index contributed by atoms with van der Waals surface area (Å²) in [5.41, 5.74) is 2.48. The Morgan fingerprint density at radius 3 is 2.88 bits per heavy atom. The molecule has 4 heteroatoms. The molecule has 1 fully saturated rings. The van der Waals surface area contributed by atoms with Crippen molar-refractivity contribution >= 4 is 11.6 Å². The Balaban J connectivity index is 1.88. The second kappa shape index (κ2) is 2.97. The van der Waals surface area contributed by atoms with E-state index in [0.29, 0.717) is 11.5 Å². The minimum absolute atomic E-state index is 0.396. The highest BCUT2D eigenvalue weighted by Gasteiger charge is 2.46. The van der Waals surface area contributed by atoms with Crippen LogP contribution in [0.5, 0.6) is 0 Å². The quantitative estimate of drug-likeness (QED) is 0.837. The molecule has 3 rings (SSSR count). The summed E-state index contributed by atoms with van der Waals surface area (Å²) in [5, 5.41) is 7.79. The van der Waals surface area contributed by atoms with Gasteiger partial charge in [0.05, 0.1) is 0 Å². The molecule has 1 saturated carbocycles. The van der Waals surface area contributed by atoms with Crippen molar-refractivity contribution in [3.8, 4) is 0 Å². The molecule has 0 amide bonds. The first-order chi connectivity index (χ1) is 7.54. The molecule has 2 heterocycles. The van der Waals surface area contributed by atoms with E-state index in [1.54, 1.807) is 0 Å². The predicted molar refractivity (Wildman–Crippen MR) is 63.5 cm³/mol. The summed E-state index contributed by atoms with van der Waals surface area (Å²) < 4.78 is 1.83. The van der Waals surface area contributed by atoms with Crippen molar-refractivity contribution in [3.05, 3.63) is 23.9 Å². The fourth-order valence-corrected chi connectivity index (χ4v) is 1.92. The van der Waals surface area contributed by atoms with Gasteiger partial charge >= 0.3 is 0 Å². The summed E-state index contributed by atoms with van der Waals surface area (Å²) >= 11 is 0. The summed E-state index contributed by atoms with van der Waals surface area (Å²) in [4.78, 5) is 4.44. The van der Waals surface area contributed by atoms with Crippen molar-refractivity contribution in [1.82, 2.24) is 14.6 Å². The monoisotopic (exact) mass is 216 g/mol. The third-order valence-electron chi connectivity index (χ3n) is 3.30. The molecule has 84 valence electrons. The van der Waals surface area contributed by atoms with E-state index in [1.807, 2.05) is 16.8 Å². The summed E-state index contributed by atoms with van der Waals surface area (Å²) in [6, 6.07) is 4.56. The lowest BCUT2D eigenvalue weighted by molar-refractivity contribution is 0.629. The van der Waals surface area contributed by atoms with E-state index in [2.05, 4.69) is 42.2 Å². The molecule has 0 radical (unpaired) electrons. The number of pyridine rings is 1. The Labute approximate surface area is 94.7 Å². The minimum atomic E-state index is 0.396. The van der Waals surface area contributed by atoms with E-state index in [9.17, 15) is 0 Å². The number of nitrogens with one attached hydrogen (secondary N) is 1. The number of aromatic nitrogens is 3. The number of fused-ring (bicyclic) bond motifs is 1. The standard InChI is InChI=1S/C12H16N4/c1-8-4-5-10-14-11(15-16(10)7-8)13-9-6-12(9,2)3/h4-5,7,9H,6H2,1-3H3,(H,13,15). The molecule has 1 atom stereocenters. The zero-order chi connectivity index (χ0) is 11.3. The highest BCUT2D eigenvalue weighted by molar-refractivity contribution is 5.45. The number of hydrogen-bond acceptors (Lipinski definition) is 3. The second-order valence-corrected chi connectivity index (χ2v) is 5.33. The average molecular weight is 216 g/mol. The van der Waals surface area contributed by atoms with Crippen molar-refractivity contribution in [2.45, 2.75) is 33.2 Å². The van der Waals surface area contributed by atoms with Crippen LogP contribution >= 0.6 is 0 Å². The molecule has 1 aliphatic carbocycles.